The first kappa shape index (κ1) is 11.7. The largest absolute Gasteiger partial charge is 0.370 e. The van der Waals surface area contributed by atoms with Crippen molar-refractivity contribution in [2.24, 2.45) is 17.8 Å². The third-order valence-electron chi connectivity index (χ3n) is 2.60. The number of hydrogen-bond acceptors (Lipinski definition) is 2. The van der Waals surface area contributed by atoms with Crippen molar-refractivity contribution in [3.63, 3.8) is 0 Å². The number of hydrogen-bond donors (Lipinski definition) is 2. The van der Waals surface area contributed by atoms with Gasteiger partial charge in [0.15, 0.2) is 5.96 Å². The standard InChI is InChI=1S/C11H14ClN5/c1-14-11(13)15-6-10-16-8-5-7(12)3-4-9(8)17(10)2/h3-5H,6H2,1-2H3,(H3,13,14,15). The van der Waals surface area contributed by atoms with E-state index in [1.54, 1.807) is 7.05 Å². The third-order valence-corrected chi connectivity index (χ3v) is 2.84. The second-order valence-corrected chi connectivity index (χ2v) is 4.12. The Labute approximate surface area is 104 Å². The van der Waals surface area contributed by atoms with Crippen molar-refractivity contribution < 1.29 is 0 Å². The van der Waals surface area contributed by atoms with E-state index in [-0.39, 0.29) is 0 Å². The van der Waals surface area contributed by atoms with Crippen LogP contribution in [0, 0.1) is 0 Å². The number of nitrogens with two attached hydrogens (primary N) is 1. The Bertz CT molecular complexity index is 572. The number of imidazole rings is 1. The first-order valence-corrected chi connectivity index (χ1v) is 5.56. The number of halogens is 1. The Morgan fingerprint density at radius 1 is 1.59 bits per heavy atom. The molecule has 0 spiro atoms. The molecule has 0 bridgehead atoms. The Morgan fingerprint density at radius 2 is 2.35 bits per heavy atom. The quantitative estimate of drug-likeness (QED) is 0.624. The van der Waals surface area contributed by atoms with Crippen LogP contribution in [0.1, 0.15) is 5.82 Å². The molecule has 90 valence electrons. The molecule has 2 aromatic rings. The average Bonchev–Trinajstić information content (AvgIpc) is 2.62. The summed E-state index contributed by atoms with van der Waals surface area (Å²) in [7, 11) is 3.59. The first-order valence-electron chi connectivity index (χ1n) is 5.19. The lowest BCUT2D eigenvalue weighted by Gasteiger charge is -2.04. The second kappa shape index (κ2) is 4.63. The molecule has 17 heavy (non-hydrogen) atoms. The van der Waals surface area contributed by atoms with Crippen LogP contribution in [-0.2, 0) is 13.6 Å². The van der Waals surface area contributed by atoms with E-state index in [2.05, 4.69) is 15.3 Å². The van der Waals surface area contributed by atoms with Crippen molar-refractivity contribution in [1.29, 1.82) is 0 Å². The van der Waals surface area contributed by atoms with Gasteiger partial charge in [0, 0.05) is 19.1 Å². The molecule has 0 amide bonds. The fraction of sp³-hybridized carbons (Fsp3) is 0.273. The summed E-state index contributed by atoms with van der Waals surface area (Å²) >= 11 is 5.93. The summed E-state index contributed by atoms with van der Waals surface area (Å²) in [6, 6.07) is 5.65. The summed E-state index contributed by atoms with van der Waals surface area (Å²) in [4.78, 5) is 8.31. The summed E-state index contributed by atoms with van der Waals surface area (Å²) in [5.74, 6) is 1.28. The summed E-state index contributed by atoms with van der Waals surface area (Å²) in [6.07, 6.45) is 0. The number of aromatic nitrogens is 2. The highest BCUT2D eigenvalue weighted by Gasteiger charge is 2.07. The molecule has 2 rings (SSSR count). The summed E-state index contributed by atoms with van der Waals surface area (Å²) in [5.41, 5.74) is 7.49. The van der Waals surface area contributed by atoms with Crippen molar-refractivity contribution in [2.75, 3.05) is 7.05 Å². The van der Waals surface area contributed by atoms with Crippen molar-refractivity contribution in [3.05, 3.63) is 29.0 Å². The molecule has 0 aliphatic heterocycles. The van der Waals surface area contributed by atoms with E-state index in [0.717, 1.165) is 16.9 Å². The third kappa shape index (κ3) is 2.34. The molecule has 1 aromatic heterocycles. The molecule has 0 saturated heterocycles. The normalized spacial score (nSPS) is 12.1. The van der Waals surface area contributed by atoms with Gasteiger partial charge in [-0.3, -0.25) is 4.99 Å². The number of rotatable bonds is 2. The van der Waals surface area contributed by atoms with Crippen LogP contribution >= 0.6 is 11.6 Å². The van der Waals surface area contributed by atoms with Crippen LogP contribution in [0.15, 0.2) is 23.2 Å². The maximum Gasteiger partial charge on any atom is 0.188 e. The molecule has 3 N–H and O–H groups in total. The second-order valence-electron chi connectivity index (χ2n) is 3.68. The van der Waals surface area contributed by atoms with E-state index in [9.17, 15) is 0 Å². The fourth-order valence-electron chi connectivity index (χ4n) is 1.63. The number of nitrogens with one attached hydrogen (secondary N) is 1. The Balaban J connectivity index is 2.32. The van der Waals surface area contributed by atoms with Crippen molar-refractivity contribution in [3.8, 4) is 0 Å². The van der Waals surface area contributed by atoms with E-state index in [4.69, 9.17) is 17.3 Å². The van der Waals surface area contributed by atoms with Gasteiger partial charge in [0.25, 0.3) is 0 Å². The molecule has 0 radical (unpaired) electrons. The molecule has 6 heteroatoms. The monoisotopic (exact) mass is 251 g/mol. The van der Waals surface area contributed by atoms with Crippen LogP contribution in [0.4, 0.5) is 0 Å². The van der Waals surface area contributed by atoms with Crippen LogP contribution in [0.3, 0.4) is 0 Å². The van der Waals surface area contributed by atoms with E-state index in [0.29, 0.717) is 17.5 Å². The molecular weight excluding hydrogens is 238 g/mol. The highest BCUT2D eigenvalue weighted by atomic mass is 35.5. The van der Waals surface area contributed by atoms with Gasteiger partial charge < -0.3 is 15.6 Å². The molecule has 1 aromatic carbocycles. The zero-order chi connectivity index (χ0) is 12.4. The van der Waals surface area contributed by atoms with E-state index < -0.39 is 0 Å². The van der Waals surface area contributed by atoms with Gasteiger partial charge in [-0.15, -0.1) is 0 Å². The van der Waals surface area contributed by atoms with Crippen molar-refractivity contribution in [2.45, 2.75) is 6.54 Å². The van der Waals surface area contributed by atoms with Crippen LogP contribution in [-0.4, -0.2) is 22.6 Å². The van der Waals surface area contributed by atoms with Crippen LogP contribution < -0.4 is 11.1 Å². The molecule has 0 aliphatic rings. The lowest BCUT2D eigenvalue weighted by molar-refractivity contribution is 0.760. The van der Waals surface area contributed by atoms with Crippen LogP contribution in [0.5, 0.6) is 0 Å². The zero-order valence-electron chi connectivity index (χ0n) is 9.74. The lowest BCUT2D eigenvalue weighted by Crippen LogP contribution is -2.31. The molecule has 0 saturated carbocycles. The Kier molecular flexibility index (Phi) is 3.19. The predicted octanol–water partition coefficient (Wildman–Crippen LogP) is 1.26. The maximum atomic E-state index is 5.93. The number of benzene rings is 1. The number of nitrogens with zero attached hydrogens (tertiary/aromatic N) is 3. The van der Waals surface area contributed by atoms with E-state index in [1.165, 1.54) is 0 Å². The molecule has 0 unspecified atom stereocenters. The first-order chi connectivity index (χ1) is 8.11. The minimum Gasteiger partial charge on any atom is -0.370 e. The predicted molar refractivity (Wildman–Crippen MR) is 70.1 cm³/mol. The average molecular weight is 252 g/mol. The molecule has 5 nitrogen and oxygen atoms in total. The zero-order valence-corrected chi connectivity index (χ0v) is 10.5. The molecule has 0 aliphatic carbocycles. The Hall–Kier alpha value is -1.75. The van der Waals surface area contributed by atoms with Crippen LogP contribution in [0.2, 0.25) is 5.02 Å². The SMILES string of the molecule is CN=C(N)NCc1nc2cc(Cl)ccc2n1C. The van der Waals surface area contributed by atoms with Gasteiger partial charge in [0.2, 0.25) is 0 Å². The fourth-order valence-corrected chi connectivity index (χ4v) is 1.80. The van der Waals surface area contributed by atoms with Gasteiger partial charge in [0.05, 0.1) is 17.6 Å². The smallest absolute Gasteiger partial charge is 0.188 e. The summed E-state index contributed by atoms with van der Waals surface area (Å²) in [6.45, 7) is 0.534. The van der Waals surface area contributed by atoms with Gasteiger partial charge in [-0.05, 0) is 18.2 Å². The van der Waals surface area contributed by atoms with Gasteiger partial charge in [0.1, 0.15) is 5.82 Å². The number of guanidine groups is 1. The van der Waals surface area contributed by atoms with Crippen molar-refractivity contribution in [1.82, 2.24) is 14.9 Å². The number of aryl methyl sites for hydroxylation is 1. The molecule has 0 atom stereocenters. The van der Waals surface area contributed by atoms with Gasteiger partial charge in [-0.1, -0.05) is 11.6 Å². The highest BCUT2D eigenvalue weighted by molar-refractivity contribution is 6.31. The molecule has 1 heterocycles. The number of aliphatic imine (C=N–C) groups is 1. The van der Waals surface area contributed by atoms with E-state index in [1.807, 2.05) is 29.8 Å². The topological polar surface area (TPSA) is 68.2 Å². The minimum absolute atomic E-state index is 0.398. The van der Waals surface area contributed by atoms with Crippen molar-refractivity contribution >= 4 is 28.6 Å². The Morgan fingerprint density at radius 3 is 3.06 bits per heavy atom. The highest BCUT2D eigenvalue weighted by Crippen LogP contribution is 2.19. The minimum atomic E-state index is 0.398. The molecule has 0 fully saturated rings. The molecular formula is C11H14ClN5. The number of fused-ring (bicyclic) bond motifs is 1. The summed E-state index contributed by atoms with van der Waals surface area (Å²) < 4.78 is 2.00. The van der Waals surface area contributed by atoms with Crippen LogP contribution in [0.25, 0.3) is 11.0 Å². The lowest BCUT2D eigenvalue weighted by atomic mass is 10.3. The van der Waals surface area contributed by atoms with Gasteiger partial charge >= 0.3 is 0 Å². The maximum absolute atomic E-state index is 5.93. The van der Waals surface area contributed by atoms with E-state index >= 15 is 0 Å². The summed E-state index contributed by atoms with van der Waals surface area (Å²) in [5, 5.41) is 3.66. The van der Waals surface area contributed by atoms with Gasteiger partial charge in [-0.2, -0.15) is 0 Å². The van der Waals surface area contributed by atoms with Gasteiger partial charge in [-0.25, -0.2) is 4.98 Å².